The standard InChI is InChI=1S/C20H20F3N5O/c1-11-16(10-25-12(2)26-11)19(29)28-15-7-5-14(6-8-15)27-17(13-3-4-13)9-18(24)20(21,22)23/h5-10,13H,3-4,24H2,1-2H3,(H,28,29). The van der Waals surface area contributed by atoms with Gasteiger partial charge in [-0.05, 0) is 57.0 Å². The molecule has 3 N–H and O–H groups in total. The summed E-state index contributed by atoms with van der Waals surface area (Å²) in [5.41, 5.74) is 6.20. The summed E-state index contributed by atoms with van der Waals surface area (Å²) in [6.07, 6.45) is -0.653. The maximum Gasteiger partial charge on any atom is 0.430 e. The van der Waals surface area contributed by atoms with Crippen molar-refractivity contribution in [3.63, 3.8) is 0 Å². The zero-order valence-electron chi connectivity index (χ0n) is 15.9. The Morgan fingerprint density at radius 2 is 1.90 bits per heavy atom. The number of allylic oxidation sites excluding steroid dienone is 2. The minimum absolute atomic E-state index is 0.0141. The molecule has 0 unspecified atom stereocenters. The van der Waals surface area contributed by atoms with Crippen LogP contribution in [0.4, 0.5) is 24.5 Å². The molecule has 1 aromatic carbocycles. The molecular formula is C20H20F3N5O. The van der Waals surface area contributed by atoms with Crippen LogP contribution in [-0.2, 0) is 0 Å². The minimum Gasteiger partial charge on any atom is -0.395 e. The molecule has 3 rings (SSSR count). The number of aromatic nitrogens is 2. The second-order valence-electron chi connectivity index (χ2n) is 6.83. The number of hydrogen-bond donors (Lipinski definition) is 2. The first-order chi connectivity index (χ1) is 13.6. The zero-order valence-corrected chi connectivity index (χ0v) is 15.9. The number of hydrogen-bond acceptors (Lipinski definition) is 5. The first-order valence-electron chi connectivity index (χ1n) is 8.98. The molecule has 152 valence electrons. The van der Waals surface area contributed by atoms with Gasteiger partial charge in [-0.3, -0.25) is 9.79 Å². The van der Waals surface area contributed by atoms with Crippen molar-refractivity contribution in [2.24, 2.45) is 16.6 Å². The number of aliphatic imine (C=N–C) groups is 1. The quantitative estimate of drug-likeness (QED) is 0.731. The van der Waals surface area contributed by atoms with Crippen molar-refractivity contribution in [1.82, 2.24) is 9.97 Å². The highest BCUT2D eigenvalue weighted by molar-refractivity contribution is 6.05. The molecule has 6 nitrogen and oxygen atoms in total. The molecule has 0 aliphatic heterocycles. The fourth-order valence-corrected chi connectivity index (χ4v) is 2.63. The van der Waals surface area contributed by atoms with Crippen molar-refractivity contribution in [2.75, 3.05) is 5.32 Å². The van der Waals surface area contributed by atoms with Crippen molar-refractivity contribution >= 4 is 23.0 Å². The number of nitrogens with one attached hydrogen (secondary N) is 1. The van der Waals surface area contributed by atoms with Crippen LogP contribution in [0.3, 0.4) is 0 Å². The van der Waals surface area contributed by atoms with Crippen molar-refractivity contribution in [2.45, 2.75) is 32.9 Å². The average Bonchev–Trinajstić information content (AvgIpc) is 3.46. The van der Waals surface area contributed by atoms with E-state index in [9.17, 15) is 18.0 Å². The van der Waals surface area contributed by atoms with E-state index in [2.05, 4.69) is 20.3 Å². The summed E-state index contributed by atoms with van der Waals surface area (Å²) in [6.45, 7) is 3.46. The van der Waals surface area contributed by atoms with Crippen LogP contribution in [0.15, 0.2) is 47.2 Å². The highest BCUT2D eigenvalue weighted by Crippen LogP contribution is 2.34. The van der Waals surface area contributed by atoms with Gasteiger partial charge in [-0.1, -0.05) is 0 Å². The summed E-state index contributed by atoms with van der Waals surface area (Å²) in [6, 6.07) is 6.49. The van der Waals surface area contributed by atoms with Crippen molar-refractivity contribution in [3.8, 4) is 0 Å². The molecule has 9 heteroatoms. The van der Waals surface area contributed by atoms with Crippen LogP contribution in [0.5, 0.6) is 0 Å². The third-order valence-corrected chi connectivity index (χ3v) is 4.35. The van der Waals surface area contributed by atoms with E-state index in [4.69, 9.17) is 5.73 Å². The van der Waals surface area contributed by atoms with Gasteiger partial charge in [-0.15, -0.1) is 0 Å². The van der Waals surface area contributed by atoms with Gasteiger partial charge in [0, 0.05) is 23.5 Å². The second-order valence-corrected chi connectivity index (χ2v) is 6.83. The fourth-order valence-electron chi connectivity index (χ4n) is 2.63. The van der Waals surface area contributed by atoms with Crippen LogP contribution in [0.1, 0.15) is 34.7 Å². The number of aryl methyl sites for hydroxylation is 2. The molecule has 1 aliphatic rings. The van der Waals surface area contributed by atoms with Gasteiger partial charge >= 0.3 is 6.18 Å². The molecule has 1 amide bonds. The van der Waals surface area contributed by atoms with Gasteiger partial charge in [0.1, 0.15) is 11.5 Å². The van der Waals surface area contributed by atoms with Crippen LogP contribution >= 0.6 is 0 Å². The number of amides is 1. The molecular weight excluding hydrogens is 383 g/mol. The Kier molecular flexibility index (Phi) is 5.67. The topological polar surface area (TPSA) is 93.3 Å². The predicted molar refractivity (Wildman–Crippen MR) is 104 cm³/mol. The van der Waals surface area contributed by atoms with E-state index >= 15 is 0 Å². The third-order valence-electron chi connectivity index (χ3n) is 4.35. The zero-order chi connectivity index (χ0) is 21.2. The summed E-state index contributed by atoms with van der Waals surface area (Å²) in [5.74, 6) is 0.214. The Labute approximate surface area is 165 Å². The third kappa shape index (κ3) is 5.40. The number of anilines is 1. The first kappa shape index (κ1) is 20.5. The van der Waals surface area contributed by atoms with Gasteiger partial charge in [-0.2, -0.15) is 13.2 Å². The smallest absolute Gasteiger partial charge is 0.395 e. The van der Waals surface area contributed by atoms with Crippen molar-refractivity contribution in [1.29, 1.82) is 0 Å². The Hall–Kier alpha value is -3.23. The lowest BCUT2D eigenvalue weighted by Crippen LogP contribution is -2.21. The van der Waals surface area contributed by atoms with Crippen molar-refractivity contribution < 1.29 is 18.0 Å². The van der Waals surface area contributed by atoms with Gasteiger partial charge in [0.15, 0.2) is 0 Å². The summed E-state index contributed by atoms with van der Waals surface area (Å²) >= 11 is 0. The van der Waals surface area contributed by atoms with E-state index in [1.807, 2.05) is 0 Å². The van der Waals surface area contributed by atoms with Crippen LogP contribution in [0.2, 0.25) is 0 Å². The molecule has 1 aromatic heterocycles. The van der Waals surface area contributed by atoms with Crippen molar-refractivity contribution in [3.05, 3.63) is 59.3 Å². The Bertz CT molecular complexity index is 977. The minimum atomic E-state index is -4.58. The summed E-state index contributed by atoms with van der Waals surface area (Å²) in [4.78, 5) is 24.9. The number of nitrogens with zero attached hydrogens (tertiary/aromatic N) is 3. The number of rotatable bonds is 5. The molecule has 1 heterocycles. The molecule has 0 bridgehead atoms. The van der Waals surface area contributed by atoms with Gasteiger partial charge in [0.2, 0.25) is 0 Å². The Morgan fingerprint density at radius 3 is 2.45 bits per heavy atom. The summed E-state index contributed by atoms with van der Waals surface area (Å²) in [5, 5.41) is 2.74. The lowest BCUT2D eigenvalue weighted by molar-refractivity contribution is -0.0925. The van der Waals surface area contributed by atoms with E-state index in [1.54, 1.807) is 38.1 Å². The molecule has 29 heavy (non-hydrogen) atoms. The van der Waals surface area contributed by atoms with Crippen LogP contribution in [0, 0.1) is 19.8 Å². The number of alkyl halides is 3. The van der Waals surface area contributed by atoms with Crippen LogP contribution in [-0.4, -0.2) is 27.8 Å². The van der Waals surface area contributed by atoms with E-state index in [1.165, 1.54) is 6.20 Å². The Balaban J connectivity index is 1.75. The molecule has 1 fully saturated rings. The lowest BCUT2D eigenvalue weighted by atomic mass is 10.2. The van der Waals surface area contributed by atoms with E-state index in [-0.39, 0.29) is 11.8 Å². The molecule has 0 spiro atoms. The lowest BCUT2D eigenvalue weighted by Gasteiger charge is -2.09. The average molecular weight is 403 g/mol. The monoisotopic (exact) mass is 403 g/mol. The summed E-state index contributed by atoms with van der Waals surface area (Å²) in [7, 11) is 0. The number of benzene rings is 1. The van der Waals surface area contributed by atoms with Crippen LogP contribution in [0.25, 0.3) is 0 Å². The maximum atomic E-state index is 12.7. The molecule has 0 radical (unpaired) electrons. The highest BCUT2D eigenvalue weighted by atomic mass is 19.4. The normalized spacial score (nSPS) is 15.3. The molecule has 1 saturated carbocycles. The second kappa shape index (κ2) is 8.02. The predicted octanol–water partition coefficient (Wildman–Crippen LogP) is 4.23. The van der Waals surface area contributed by atoms with Gasteiger partial charge in [-0.25, -0.2) is 9.97 Å². The van der Waals surface area contributed by atoms with Gasteiger partial charge < -0.3 is 11.1 Å². The van der Waals surface area contributed by atoms with Crippen LogP contribution < -0.4 is 11.1 Å². The highest BCUT2D eigenvalue weighted by Gasteiger charge is 2.34. The molecule has 0 saturated heterocycles. The molecule has 0 atom stereocenters. The first-order valence-corrected chi connectivity index (χ1v) is 8.98. The molecule has 1 aliphatic carbocycles. The summed E-state index contributed by atoms with van der Waals surface area (Å²) < 4.78 is 38.1. The fraction of sp³-hybridized carbons (Fsp3) is 0.300. The maximum absolute atomic E-state index is 12.7. The molecule has 2 aromatic rings. The Morgan fingerprint density at radius 1 is 1.24 bits per heavy atom. The van der Waals surface area contributed by atoms with Gasteiger partial charge in [0.05, 0.1) is 16.9 Å². The van der Waals surface area contributed by atoms with E-state index < -0.39 is 11.9 Å². The number of carbonyl (C=O) groups is 1. The van der Waals surface area contributed by atoms with E-state index in [0.717, 1.165) is 18.9 Å². The largest absolute Gasteiger partial charge is 0.430 e. The number of halogens is 3. The van der Waals surface area contributed by atoms with Gasteiger partial charge in [0.25, 0.3) is 5.91 Å². The number of carbonyl (C=O) groups excluding carboxylic acids is 1. The van der Waals surface area contributed by atoms with E-state index in [0.29, 0.717) is 34.2 Å². The number of nitrogens with two attached hydrogens (primary N) is 1. The SMILES string of the molecule is Cc1ncc(C(=O)Nc2ccc(N=C(C=C(N)C(F)(F)F)C3CC3)cc2)c(C)n1.